The molecule has 3 nitrogen and oxygen atoms in total. The fourth-order valence-electron chi connectivity index (χ4n) is 2.79. The summed E-state index contributed by atoms with van der Waals surface area (Å²) in [4.78, 5) is 4.41. The molecule has 0 spiro atoms. The molecule has 1 unspecified atom stereocenters. The predicted octanol–water partition coefficient (Wildman–Crippen LogP) is 3.26. The van der Waals surface area contributed by atoms with Crippen molar-refractivity contribution in [3.63, 3.8) is 0 Å². The Balaban J connectivity index is 1.74. The molecule has 1 aliphatic rings. The van der Waals surface area contributed by atoms with Crippen LogP contribution in [0.2, 0.25) is 0 Å². The number of rotatable bonds is 9. The molecule has 1 heterocycles. The molecular formula is C15H26N2OS. The number of hydrogen-bond acceptors (Lipinski definition) is 4. The fourth-order valence-corrected chi connectivity index (χ4v) is 3.49. The first-order chi connectivity index (χ1) is 9.31. The van der Waals surface area contributed by atoms with Gasteiger partial charge in [-0.1, -0.05) is 6.92 Å². The average Bonchev–Trinajstić information content (AvgIpc) is 2.86. The Bertz CT molecular complexity index is 336. The molecule has 1 aromatic heterocycles. The number of hydrogen-bond donors (Lipinski definition) is 1. The molecule has 0 radical (unpaired) electrons. The highest BCUT2D eigenvalue weighted by Gasteiger charge is 2.31. The highest BCUT2D eigenvalue weighted by Crippen LogP contribution is 2.34. The van der Waals surface area contributed by atoms with Crippen LogP contribution < -0.4 is 5.32 Å². The summed E-state index contributed by atoms with van der Waals surface area (Å²) < 4.78 is 5.65. The molecule has 19 heavy (non-hydrogen) atoms. The molecular weight excluding hydrogens is 256 g/mol. The molecule has 4 heteroatoms. The maximum absolute atomic E-state index is 5.65. The molecule has 108 valence electrons. The summed E-state index contributed by atoms with van der Waals surface area (Å²) in [5, 5.41) is 7.01. The van der Waals surface area contributed by atoms with Crippen LogP contribution in [0.15, 0.2) is 11.6 Å². The van der Waals surface area contributed by atoms with Crippen LogP contribution >= 0.6 is 11.3 Å². The highest BCUT2D eigenvalue weighted by molar-refractivity contribution is 7.09. The number of ether oxygens (including phenoxy) is 1. The minimum absolute atomic E-state index is 0.529. The van der Waals surface area contributed by atoms with E-state index in [-0.39, 0.29) is 0 Å². The molecule has 1 N–H and O–H groups in total. The van der Waals surface area contributed by atoms with E-state index >= 15 is 0 Å². The molecule has 0 saturated heterocycles. The van der Waals surface area contributed by atoms with Gasteiger partial charge in [0.15, 0.2) is 0 Å². The molecule has 1 aromatic rings. The van der Waals surface area contributed by atoms with Gasteiger partial charge in [0.05, 0.1) is 11.1 Å². The maximum Gasteiger partial charge on any atom is 0.0940 e. The summed E-state index contributed by atoms with van der Waals surface area (Å²) in [6.07, 6.45) is 8.47. The zero-order valence-corrected chi connectivity index (χ0v) is 12.9. The van der Waals surface area contributed by atoms with Crippen molar-refractivity contribution in [1.82, 2.24) is 10.3 Å². The van der Waals surface area contributed by atoms with E-state index in [2.05, 4.69) is 29.5 Å². The van der Waals surface area contributed by atoms with Crippen LogP contribution in [0.4, 0.5) is 0 Å². The Morgan fingerprint density at radius 2 is 2.32 bits per heavy atom. The molecule has 1 atom stereocenters. The van der Waals surface area contributed by atoms with Gasteiger partial charge in [-0.2, -0.15) is 0 Å². The van der Waals surface area contributed by atoms with E-state index in [1.807, 2.05) is 6.20 Å². The topological polar surface area (TPSA) is 34.2 Å². The van der Waals surface area contributed by atoms with Crippen molar-refractivity contribution in [1.29, 1.82) is 0 Å². The second-order valence-corrected chi connectivity index (χ2v) is 6.41. The Kier molecular flexibility index (Phi) is 6.28. The van der Waals surface area contributed by atoms with Crippen molar-refractivity contribution >= 4 is 11.3 Å². The lowest BCUT2D eigenvalue weighted by atomic mass is 9.77. The smallest absolute Gasteiger partial charge is 0.0940 e. The minimum atomic E-state index is 0.529. The van der Waals surface area contributed by atoms with Crippen molar-refractivity contribution in [3.05, 3.63) is 16.6 Å². The van der Waals surface area contributed by atoms with Gasteiger partial charge in [-0.3, -0.25) is 0 Å². The molecule has 1 saturated carbocycles. The second kappa shape index (κ2) is 7.98. The zero-order chi connectivity index (χ0) is 13.5. The molecule has 0 amide bonds. The lowest BCUT2D eigenvalue weighted by Gasteiger charge is -2.37. The van der Waals surface area contributed by atoms with Gasteiger partial charge in [-0.25, -0.2) is 4.98 Å². The number of nitrogens with one attached hydrogen (secondary N) is 1. The van der Waals surface area contributed by atoms with Crippen molar-refractivity contribution in [3.8, 4) is 0 Å². The maximum atomic E-state index is 5.65. The zero-order valence-electron chi connectivity index (χ0n) is 12.1. The molecule has 2 rings (SSSR count). The Hall–Kier alpha value is -0.450. The first kappa shape index (κ1) is 14.9. The van der Waals surface area contributed by atoms with Gasteiger partial charge < -0.3 is 10.1 Å². The largest absolute Gasteiger partial charge is 0.378 e. The lowest BCUT2D eigenvalue weighted by Crippen LogP contribution is -2.39. The third kappa shape index (κ3) is 4.86. The van der Waals surface area contributed by atoms with Crippen LogP contribution in [-0.2, 0) is 11.2 Å². The third-order valence-corrected chi connectivity index (χ3v) is 4.60. The molecule has 1 aliphatic carbocycles. The Morgan fingerprint density at radius 1 is 1.47 bits per heavy atom. The van der Waals surface area contributed by atoms with Crippen LogP contribution in [0.5, 0.6) is 0 Å². The van der Waals surface area contributed by atoms with Crippen molar-refractivity contribution in [2.24, 2.45) is 5.92 Å². The molecule has 0 aliphatic heterocycles. The first-order valence-corrected chi connectivity index (χ1v) is 8.43. The number of aromatic nitrogens is 1. The summed E-state index contributed by atoms with van der Waals surface area (Å²) in [6, 6.07) is 0.582. The summed E-state index contributed by atoms with van der Waals surface area (Å²) in [5.41, 5.74) is 0. The van der Waals surface area contributed by atoms with Crippen molar-refractivity contribution < 1.29 is 4.74 Å². The van der Waals surface area contributed by atoms with E-state index < -0.39 is 0 Å². The van der Waals surface area contributed by atoms with E-state index in [0.717, 1.165) is 25.5 Å². The molecule has 1 fully saturated rings. The minimum Gasteiger partial charge on any atom is -0.378 e. The normalized spacial score (nSPS) is 24.1. The highest BCUT2D eigenvalue weighted by atomic mass is 32.1. The van der Waals surface area contributed by atoms with E-state index in [1.165, 1.54) is 30.7 Å². The van der Waals surface area contributed by atoms with E-state index in [0.29, 0.717) is 12.1 Å². The van der Waals surface area contributed by atoms with Gasteiger partial charge >= 0.3 is 0 Å². The van der Waals surface area contributed by atoms with E-state index in [9.17, 15) is 0 Å². The van der Waals surface area contributed by atoms with Crippen LogP contribution in [0.3, 0.4) is 0 Å². The Morgan fingerprint density at radius 3 is 2.95 bits per heavy atom. The van der Waals surface area contributed by atoms with Gasteiger partial charge in [0.1, 0.15) is 0 Å². The van der Waals surface area contributed by atoms with E-state index in [4.69, 9.17) is 4.74 Å². The Labute approximate surface area is 120 Å². The SMILES string of the molecule is CCCNC(Cc1nccs1)CC1CC(OCC)C1. The first-order valence-electron chi connectivity index (χ1n) is 7.55. The van der Waals surface area contributed by atoms with E-state index in [1.54, 1.807) is 11.3 Å². The quantitative estimate of drug-likeness (QED) is 0.755. The predicted molar refractivity (Wildman–Crippen MR) is 80.7 cm³/mol. The summed E-state index contributed by atoms with van der Waals surface area (Å²) in [5.74, 6) is 0.839. The number of nitrogens with zero attached hydrogens (tertiary/aromatic N) is 1. The monoisotopic (exact) mass is 282 g/mol. The fraction of sp³-hybridized carbons (Fsp3) is 0.800. The van der Waals surface area contributed by atoms with Crippen molar-refractivity contribution in [2.45, 2.75) is 58.1 Å². The molecule has 0 bridgehead atoms. The van der Waals surface area contributed by atoms with Crippen molar-refractivity contribution in [2.75, 3.05) is 13.2 Å². The van der Waals surface area contributed by atoms with Crippen LogP contribution in [0.1, 0.15) is 44.5 Å². The van der Waals surface area contributed by atoms with Crippen LogP contribution in [0, 0.1) is 5.92 Å². The second-order valence-electron chi connectivity index (χ2n) is 5.43. The van der Waals surface area contributed by atoms with Gasteiger partial charge in [0.25, 0.3) is 0 Å². The van der Waals surface area contributed by atoms with Crippen LogP contribution in [0.25, 0.3) is 0 Å². The lowest BCUT2D eigenvalue weighted by molar-refractivity contribution is -0.0290. The summed E-state index contributed by atoms with van der Waals surface area (Å²) in [6.45, 7) is 6.27. The summed E-state index contributed by atoms with van der Waals surface area (Å²) >= 11 is 1.77. The molecule has 0 aromatic carbocycles. The van der Waals surface area contributed by atoms with Gasteiger partial charge in [-0.05, 0) is 45.1 Å². The van der Waals surface area contributed by atoms with Gasteiger partial charge in [0, 0.05) is 30.6 Å². The third-order valence-electron chi connectivity index (χ3n) is 3.80. The van der Waals surface area contributed by atoms with Crippen LogP contribution in [-0.4, -0.2) is 30.3 Å². The van der Waals surface area contributed by atoms with Gasteiger partial charge in [-0.15, -0.1) is 11.3 Å². The average molecular weight is 282 g/mol. The standard InChI is InChI=1S/C15H26N2OS/c1-3-5-16-13(11-15-17-6-7-19-15)8-12-9-14(10-12)18-4-2/h6-7,12-14,16H,3-5,8-11H2,1-2H3. The number of thiazole rings is 1. The van der Waals surface area contributed by atoms with Gasteiger partial charge in [0.2, 0.25) is 0 Å². The summed E-state index contributed by atoms with van der Waals surface area (Å²) in [7, 11) is 0.